The quantitative estimate of drug-likeness (QED) is 0.854. The van der Waals surface area contributed by atoms with E-state index in [1.54, 1.807) is 6.92 Å². The summed E-state index contributed by atoms with van der Waals surface area (Å²) in [6.45, 7) is 2.68. The molecule has 2 heterocycles. The van der Waals surface area contributed by atoms with Crippen LogP contribution in [-0.4, -0.2) is 45.4 Å². The molecule has 3 amide bonds. The van der Waals surface area contributed by atoms with E-state index in [1.165, 1.54) is 35.9 Å². The first-order valence-corrected chi connectivity index (χ1v) is 8.62. The van der Waals surface area contributed by atoms with Gasteiger partial charge in [-0.2, -0.15) is 0 Å². The van der Waals surface area contributed by atoms with Crippen molar-refractivity contribution < 1.29 is 14.0 Å². The van der Waals surface area contributed by atoms with E-state index in [-0.39, 0.29) is 11.9 Å². The van der Waals surface area contributed by atoms with E-state index >= 15 is 0 Å². The topological polar surface area (TPSA) is 88.3 Å². The van der Waals surface area contributed by atoms with Crippen molar-refractivity contribution in [3.05, 3.63) is 5.89 Å². The van der Waals surface area contributed by atoms with Crippen molar-refractivity contribution in [3.8, 4) is 0 Å². The van der Waals surface area contributed by atoms with Gasteiger partial charge in [0, 0.05) is 19.0 Å². The molecule has 0 unspecified atom stereocenters. The molecule has 1 aliphatic heterocycles. The molecule has 1 aromatic rings. The number of aromatic nitrogens is 2. The molecule has 1 saturated heterocycles. The third-order valence-electron chi connectivity index (χ3n) is 4.12. The number of carbonyl (C=O) groups is 2. The summed E-state index contributed by atoms with van der Waals surface area (Å²) < 4.78 is 5.70. The normalized spacial score (nSPS) is 21.0. The first kappa shape index (κ1) is 15.3. The predicted octanol–water partition coefficient (Wildman–Crippen LogP) is 2.15. The maximum absolute atomic E-state index is 12.2. The van der Waals surface area contributed by atoms with Crippen molar-refractivity contribution in [2.75, 3.05) is 13.1 Å². The van der Waals surface area contributed by atoms with Crippen LogP contribution < -0.4 is 5.32 Å². The summed E-state index contributed by atoms with van der Waals surface area (Å²) in [4.78, 5) is 25.0. The van der Waals surface area contributed by atoms with E-state index in [4.69, 9.17) is 4.42 Å². The van der Waals surface area contributed by atoms with E-state index in [9.17, 15) is 9.59 Å². The standard InChI is InChI=1S/C14H20N4O3S/c1-9(12(19)18-8-7-15-13(18)20)22-14-17-16-11(21-14)10-5-3-2-4-6-10/h9-10H,2-8H2,1H3,(H,15,20)/t9-/m0/s1. The number of nitrogens with one attached hydrogen (secondary N) is 1. The van der Waals surface area contributed by atoms with Gasteiger partial charge in [-0.05, 0) is 19.8 Å². The zero-order valence-corrected chi connectivity index (χ0v) is 13.4. The Bertz CT molecular complexity index is 556. The predicted molar refractivity (Wildman–Crippen MR) is 80.6 cm³/mol. The highest BCUT2D eigenvalue weighted by molar-refractivity contribution is 8.00. The van der Waals surface area contributed by atoms with Crippen LogP contribution in [0.25, 0.3) is 0 Å². The Morgan fingerprint density at radius 1 is 1.36 bits per heavy atom. The molecule has 2 aliphatic rings. The minimum Gasteiger partial charge on any atom is -0.416 e. The summed E-state index contributed by atoms with van der Waals surface area (Å²) in [6.07, 6.45) is 5.86. The van der Waals surface area contributed by atoms with Crippen molar-refractivity contribution in [3.63, 3.8) is 0 Å². The van der Waals surface area contributed by atoms with Gasteiger partial charge < -0.3 is 9.73 Å². The Morgan fingerprint density at radius 3 is 2.82 bits per heavy atom. The van der Waals surface area contributed by atoms with Crippen LogP contribution in [-0.2, 0) is 4.79 Å². The van der Waals surface area contributed by atoms with E-state index < -0.39 is 5.25 Å². The van der Waals surface area contributed by atoms with Crippen LogP contribution in [0.15, 0.2) is 9.64 Å². The molecule has 7 nitrogen and oxygen atoms in total. The molecule has 1 aromatic heterocycles. The van der Waals surface area contributed by atoms with Crippen LogP contribution in [0.3, 0.4) is 0 Å². The highest BCUT2D eigenvalue weighted by atomic mass is 32.2. The van der Waals surface area contributed by atoms with Gasteiger partial charge in [0.15, 0.2) is 0 Å². The second kappa shape index (κ2) is 6.68. The lowest BCUT2D eigenvalue weighted by atomic mass is 9.89. The fraction of sp³-hybridized carbons (Fsp3) is 0.714. The summed E-state index contributed by atoms with van der Waals surface area (Å²) in [5.41, 5.74) is 0. The lowest BCUT2D eigenvalue weighted by molar-refractivity contribution is -0.126. The number of hydrogen-bond donors (Lipinski definition) is 1. The molecule has 120 valence electrons. The van der Waals surface area contributed by atoms with E-state index in [0.29, 0.717) is 30.1 Å². The molecular weight excluding hydrogens is 304 g/mol. The van der Waals surface area contributed by atoms with Gasteiger partial charge in [0.1, 0.15) is 0 Å². The number of carbonyl (C=O) groups excluding carboxylic acids is 2. The molecule has 0 aromatic carbocycles. The van der Waals surface area contributed by atoms with Crippen molar-refractivity contribution in [2.45, 2.75) is 55.4 Å². The van der Waals surface area contributed by atoms with Gasteiger partial charge in [0.05, 0.1) is 5.25 Å². The van der Waals surface area contributed by atoms with Gasteiger partial charge in [-0.25, -0.2) is 4.79 Å². The molecule has 1 aliphatic carbocycles. The molecule has 8 heteroatoms. The molecule has 1 N–H and O–H groups in total. The van der Waals surface area contributed by atoms with Gasteiger partial charge in [0.25, 0.3) is 5.22 Å². The Kier molecular flexibility index (Phi) is 4.66. The van der Waals surface area contributed by atoms with E-state index in [2.05, 4.69) is 15.5 Å². The highest BCUT2D eigenvalue weighted by Gasteiger charge is 2.31. The molecule has 0 bridgehead atoms. The molecule has 1 saturated carbocycles. The number of nitrogens with zero attached hydrogens (tertiary/aromatic N) is 3. The molecule has 2 fully saturated rings. The minimum atomic E-state index is -0.427. The van der Waals surface area contributed by atoms with Crippen LogP contribution in [0.4, 0.5) is 4.79 Å². The molecule has 22 heavy (non-hydrogen) atoms. The van der Waals surface area contributed by atoms with E-state index in [1.807, 2.05) is 0 Å². The molecule has 3 rings (SSSR count). The van der Waals surface area contributed by atoms with Crippen LogP contribution >= 0.6 is 11.8 Å². The zero-order chi connectivity index (χ0) is 15.5. The summed E-state index contributed by atoms with van der Waals surface area (Å²) in [6, 6.07) is -0.328. The van der Waals surface area contributed by atoms with Crippen LogP contribution in [0, 0.1) is 0 Å². The second-order valence-corrected chi connectivity index (χ2v) is 7.02. The molecule has 1 atom stereocenters. The van der Waals surface area contributed by atoms with Gasteiger partial charge >= 0.3 is 6.03 Å². The van der Waals surface area contributed by atoms with Crippen molar-refractivity contribution in [2.24, 2.45) is 0 Å². The number of amides is 3. The maximum atomic E-state index is 12.2. The monoisotopic (exact) mass is 324 g/mol. The van der Waals surface area contributed by atoms with E-state index in [0.717, 1.165) is 12.8 Å². The summed E-state index contributed by atoms with van der Waals surface area (Å²) in [5.74, 6) is 0.809. The lowest BCUT2D eigenvalue weighted by Gasteiger charge is -2.17. The van der Waals surface area contributed by atoms with Crippen molar-refractivity contribution >= 4 is 23.7 Å². The molecule has 0 spiro atoms. The maximum Gasteiger partial charge on any atom is 0.324 e. The number of imide groups is 1. The van der Waals surface area contributed by atoms with Crippen LogP contribution in [0.5, 0.6) is 0 Å². The fourth-order valence-electron chi connectivity index (χ4n) is 2.89. The van der Waals surface area contributed by atoms with Crippen LogP contribution in [0.1, 0.15) is 50.8 Å². The van der Waals surface area contributed by atoms with Crippen molar-refractivity contribution in [1.82, 2.24) is 20.4 Å². The number of urea groups is 1. The Hall–Kier alpha value is -1.57. The summed E-state index contributed by atoms with van der Waals surface area (Å²) in [5, 5.41) is 10.8. The summed E-state index contributed by atoms with van der Waals surface area (Å²) in [7, 11) is 0. The Balaban J connectivity index is 1.59. The SMILES string of the molecule is C[C@H](Sc1nnc(C2CCCCC2)o1)C(=O)N1CCNC1=O. The van der Waals surface area contributed by atoms with Crippen molar-refractivity contribution in [1.29, 1.82) is 0 Å². The fourth-order valence-corrected chi connectivity index (χ4v) is 3.64. The number of thioether (sulfide) groups is 1. The number of hydrogen-bond acceptors (Lipinski definition) is 6. The Labute approximate surface area is 133 Å². The van der Waals surface area contributed by atoms with Gasteiger partial charge in [0.2, 0.25) is 11.8 Å². The third-order valence-corrected chi connectivity index (χ3v) is 5.05. The lowest BCUT2D eigenvalue weighted by Crippen LogP contribution is -2.38. The highest BCUT2D eigenvalue weighted by Crippen LogP contribution is 2.33. The Morgan fingerprint density at radius 2 is 2.14 bits per heavy atom. The van der Waals surface area contributed by atoms with Crippen LogP contribution in [0.2, 0.25) is 0 Å². The number of rotatable bonds is 4. The average Bonchev–Trinajstić information content (AvgIpc) is 3.16. The zero-order valence-electron chi connectivity index (χ0n) is 12.6. The third kappa shape index (κ3) is 3.26. The molecular formula is C14H20N4O3S. The first-order chi connectivity index (χ1) is 10.6. The van der Waals surface area contributed by atoms with Gasteiger partial charge in [-0.15, -0.1) is 10.2 Å². The second-order valence-electron chi connectivity index (χ2n) is 5.72. The largest absolute Gasteiger partial charge is 0.416 e. The van der Waals surface area contributed by atoms with Gasteiger partial charge in [-0.3, -0.25) is 9.69 Å². The minimum absolute atomic E-state index is 0.225. The summed E-state index contributed by atoms with van der Waals surface area (Å²) >= 11 is 1.21. The smallest absolute Gasteiger partial charge is 0.324 e. The average molecular weight is 324 g/mol. The first-order valence-electron chi connectivity index (χ1n) is 7.74. The van der Waals surface area contributed by atoms with Gasteiger partial charge in [-0.1, -0.05) is 31.0 Å². The molecule has 0 radical (unpaired) electrons.